The molecule has 3 nitrogen and oxygen atoms in total. The van der Waals surface area contributed by atoms with Crippen LogP contribution in [0, 0.1) is 11.6 Å². The van der Waals surface area contributed by atoms with Crippen LogP contribution in [0.5, 0.6) is 0 Å². The molecule has 1 heterocycles. The number of hydrogen-bond acceptors (Lipinski definition) is 3. The second-order valence-electron chi connectivity index (χ2n) is 3.86. The fourth-order valence-electron chi connectivity index (χ4n) is 1.74. The van der Waals surface area contributed by atoms with Gasteiger partial charge in [0.05, 0.1) is 12.7 Å². The number of ether oxygens (including phenoxy) is 2. The van der Waals surface area contributed by atoms with Gasteiger partial charge in [0, 0.05) is 12.1 Å². The Hall–Kier alpha value is -1.04. The predicted octanol–water partition coefficient (Wildman–Crippen LogP) is 1.51. The molecule has 1 aromatic carbocycles. The second kappa shape index (κ2) is 4.08. The third-order valence-corrected chi connectivity index (χ3v) is 2.62. The topological polar surface area (TPSA) is 44.5 Å². The van der Waals surface area contributed by atoms with Crippen LogP contribution in [0.3, 0.4) is 0 Å². The van der Waals surface area contributed by atoms with Crippen molar-refractivity contribution in [3.05, 3.63) is 35.4 Å². The number of nitrogens with two attached hydrogens (primary N) is 1. The molecule has 0 radical (unpaired) electrons. The molecule has 2 atom stereocenters. The van der Waals surface area contributed by atoms with Gasteiger partial charge in [-0.3, -0.25) is 0 Å². The molecular weight excluding hydrogens is 216 g/mol. The average Bonchev–Trinajstić information content (AvgIpc) is 2.65. The lowest BCUT2D eigenvalue weighted by atomic mass is 10.1. The third kappa shape index (κ3) is 1.93. The lowest BCUT2D eigenvalue weighted by Crippen LogP contribution is -2.28. The Kier molecular flexibility index (Phi) is 2.92. The van der Waals surface area contributed by atoms with Crippen molar-refractivity contribution in [3.63, 3.8) is 0 Å². The van der Waals surface area contributed by atoms with Gasteiger partial charge < -0.3 is 15.2 Å². The second-order valence-corrected chi connectivity index (χ2v) is 3.86. The van der Waals surface area contributed by atoms with E-state index < -0.39 is 17.4 Å². The summed E-state index contributed by atoms with van der Waals surface area (Å²) in [6.07, 6.45) is -0.285. The van der Waals surface area contributed by atoms with Crippen LogP contribution in [-0.4, -0.2) is 19.3 Å². The van der Waals surface area contributed by atoms with E-state index in [2.05, 4.69) is 0 Å². The molecule has 2 N–H and O–H groups in total. The van der Waals surface area contributed by atoms with E-state index >= 15 is 0 Å². The molecule has 1 aliphatic rings. The van der Waals surface area contributed by atoms with Crippen molar-refractivity contribution in [2.75, 3.05) is 13.2 Å². The zero-order valence-electron chi connectivity index (χ0n) is 8.87. The molecule has 0 amide bonds. The van der Waals surface area contributed by atoms with Gasteiger partial charge in [-0.25, -0.2) is 8.78 Å². The fourth-order valence-corrected chi connectivity index (χ4v) is 1.74. The molecule has 0 bridgehead atoms. The number of hydrogen-bond donors (Lipinski definition) is 1. The third-order valence-electron chi connectivity index (χ3n) is 2.62. The Balaban J connectivity index is 2.33. The summed E-state index contributed by atoms with van der Waals surface area (Å²) in [4.78, 5) is 0. The van der Waals surface area contributed by atoms with Crippen molar-refractivity contribution in [3.8, 4) is 0 Å². The van der Waals surface area contributed by atoms with Gasteiger partial charge in [-0.15, -0.1) is 0 Å². The minimum Gasteiger partial charge on any atom is -0.343 e. The first-order chi connectivity index (χ1) is 7.55. The largest absolute Gasteiger partial charge is 0.343 e. The van der Waals surface area contributed by atoms with Crippen LogP contribution in [0.4, 0.5) is 8.78 Å². The van der Waals surface area contributed by atoms with E-state index in [9.17, 15) is 8.78 Å². The van der Waals surface area contributed by atoms with Gasteiger partial charge in [-0.2, -0.15) is 0 Å². The van der Waals surface area contributed by atoms with E-state index in [1.165, 1.54) is 0 Å². The standard InChI is InChI=1S/C11H13F2NO2/c1-11(15-6-8(5-14)16-11)9-4-7(12)2-3-10(9)13/h2-4,8H,5-6,14H2,1H3. The fraction of sp³-hybridized carbons (Fsp3) is 0.455. The van der Waals surface area contributed by atoms with Crippen LogP contribution in [-0.2, 0) is 15.3 Å². The number of halogens is 2. The Morgan fingerprint density at radius 2 is 2.25 bits per heavy atom. The zero-order valence-corrected chi connectivity index (χ0v) is 8.87. The van der Waals surface area contributed by atoms with Gasteiger partial charge in [-0.05, 0) is 25.1 Å². The van der Waals surface area contributed by atoms with Crippen LogP contribution in [0.25, 0.3) is 0 Å². The Bertz CT molecular complexity index is 400. The van der Waals surface area contributed by atoms with E-state index in [0.717, 1.165) is 18.2 Å². The molecule has 1 aliphatic heterocycles. The molecule has 0 aromatic heterocycles. The Morgan fingerprint density at radius 3 is 2.88 bits per heavy atom. The molecular formula is C11H13F2NO2. The minimum absolute atomic E-state index is 0.0587. The van der Waals surface area contributed by atoms with Crippen LogP contribution in [0.2, 0.25) is 0 Å². The predicted molar refractivity (Wildman–Crippen MR) is 53.6 cm³/mol. The highest BCUT2D eigenvalue weighted by atomic mass is 19.1. The maximum atomic E-state index is 13.5. The molecule has 1 saturated heterocycles. The van der Waals surface area contributed by atoms with Gasteiger partial charge in [0.15, 0.2) is 5.79 Å². The van der Waals surface area contributed by atoms with Crippen LogP contribution >= 0.6 is 0 Å². The van der Waals surface area contributed by atoms with Crippen LogP contribution in [0.15, 0.2) is 18.2 Å². The molecule has 5 heteroatoms. The Labute approximate surface area is 92.1 Å². The number of benzene rings is 1. The monoisotopic (exact) mass is 229 g/mol. The summed E-state index contributed by atoms with van der Waals surface area (Å²) < 4.78 is 37.4. The maximum Gasteiger partial charge on any atom is 0.195 e. The van der Waals surface area contributed by atoms with Gasteiger partial charge in [0.1, 0.15) is 11.6 Å². The van der Waals surface area contributed by atoms with E-state index in [1.54, 1.807) is 6.92 Å². The average molecular weight is 229 g/mol. The van der Waals surface area contributed by atoms with E-state index in [-0.39, 0.29) is 24.8 Å². The zero-order chi connectivity index (χ0) is 11.8. The summed E-state index contributed by atoms with van der Waals surface area (Å²) in [5.41, 5.74) is 5.49. The van der Waals surface area contributed by atoms with E-state index in [0.29, 0.717) is 0 Å². The van der Waals surface area contributed by atoms with Gasteiger partial charge in [-0.1, -0.05) is 0 Å². The minimum atomic E-state index is -1.25. The molecule has 0 aliphatic carbocycles. The van der Waals surface area contributed by atoms with E-state index in [1.807, 2.05) is 0 Å². The molecule has 0 spiro atoms. The first kappa shape index (κ1) is 11.4. The Morgan fingerprint density at radius 1 is 1.50 bits per heavy atom. The molecule has 88 valence electrons. The van der Waals surface area contributed by atoms with Crippen molar-refractivity contribution in [2.45, 2.75) is 18.8 Å². The molecule has 1 fully saturated rings. The van der Waals surface area contributed by atoms with Gasteiger partial charge in [0.2, 0.25) is 0 Å². The summed E-state index contributed by atoms with van der Waals surface area (Å²) >= 11 is 0. The molecule has 2 unspecified atom stereocenters. The lowest BCUT2D eigenvalue weighted by Gasteiger charge is -2.24. The first-order valence-corrected chi connectivity index (χ1v) is 5.02. The summed E-state index contributed by atoms with van der Waals surface area (Å²) in [5.74, 6) is -2.33. The quantitative estimate of drug-likeness (QED) is 0.836. The van der Waals surface area contributed by atoms with Crippen LogP contribution in [0.1, 0.15) is 12.5 Å². The normalized spacial score (nSPS) is 29.6. The highest BCUT2D eigenvalue weighted by Crippen LogP contribution is 2.35. The maximum absolute atomic E-state index is 13.5. The van der Waals surface area contributed by atoms with Crippen molar-refractivity contribution < 1.29 is 18.3 Å². The van der Waals surface area contributed by atoms with Crippen molar-refractivity contribution >= 4 is 0 Å². The van der Waals surface area contributed by atoms with Crippen LogP contribution < -0.4 is 5.73 Å². The SMILES string of the molecule is CC1(c2cc(F)ccc2F)OCC(CN)O1. The molecule has 1 aromatic rings. The number of rotatable bonds is 2. The first-order valence-electron chi connectivity index (χ1n) is 5.02. The molecule has 0 saturated carbocycles. The highest BCUT2D eigenvalue weighted by molar-refractivity contribution is 5.23. The van der Waals surface area contributed by atoms with Gasteiger partial charge in [0.25, 0.3) is 0 Å². The lowest BCUT2D eigenvalue weighted by molar-refractivity contribution is -0.162. The van der Waals surface area contributed by atoms with Crippen molar-refractivity contribution in [2.24, 2.45) is 5.73 Å². The summed E-state index contributed by atoms with van der Waals surface area (Å²) in [5, 5.41) is 0. The smallest absolute Gasteiger partial charge is 0.195 e. The highest BCUT2D eigenvalue weighted by Gasteiger charge is 2.40. The van der Waals surface area contributed by atoms with Crippen molar-refractivity contribution in [1.82, 2.24) is 0 Å². The summed E-state index contributed by atoms with van der Waals surface area (Å²) in [6.45, 7) is 2.12. The molecule has 16 heavy (non-hydrogen) atoms. The molecule has 2 rings (SSSR count). The van der Waals surface area contributed by atoms with Gasteiger partial charge >= 0.3 is 0 Å². The van der Waals surface area contributed by atoms with Crippen molar-refractivity contribution in [1.29, 1.82) is 0 Å². The van der Waals surface area contributed by atoms with E-state index in [4.69, 9.17) is 15.2 Å². The summed E-state index contributed by atoms with van der Waals surface area (Å²) in [7, 11) is 0. The summed E-state index contributed by atoms with van der Waals surface area (Å²) in [6, 6.07) is 3.18.